The first-order valence-corrected chi connectivity index (χ1v) is 7.43. The van der Waals surface area contributed by atoms with Gasteiger partial charge in [0.2, 0.25) is 0 Å². The van der Waals surface area contributed by atoms with E-state index >= 15 is 0 Å². The molecular formula is C15H21BrO. The molecule has 1 aliphatic rings. The quantitative estimate of drug-likeness (QED) is 0.750. The minimum Gasteiger partial charge on any atom is -0.490 e. The number of benzene rings is 1. The second kappa shape index (κ2) is 5.01. The summed E-state index contributed by atoms with van der Waals surface area (Å²) in [4.78, 5) is 0. The smallest absolute Gasteiger partial charge is 0.123 e. The van der Waals surface area contributed by atoms with E-state index < -0.39 is 0 Å². The molecule has 0 saturated carbocycles. The Morgan fingerprint density at radius 3 is 2.65 bits per heavy atom. The van der Waals surface area contributed by atoms with Crippen LogP contribution >= 0.6 is 15.9 Å². The molecule has 0 radical (unpaired) electrons. The van der Waals surface area contributed by atoms with Crippen LogP contribution in [0.25, 0.3) is 0 Å². The van der Waals surface area contributed by atoms with Gasteiger partial charge < -0.3 is 4.74 Å². The molecule has 0 saturated heterocycles. The van der Waals surface area contributed by atoms with Crippen molar-refractivity contribution in [2.75, 3.05) is 5.33 Å². The third-order valence-electron chi connectivity index (χ3n) is 3.67. The zero-order valence-corrected chi connectivity index (χ0v) is 12.5. The van der Waals surface area contributed by atoms with Gasteiger partial charge >= 0.3 is 0 Å². The van der Waals surface area contributed by atoms with Crippen LogP contribution in [0.15, 0.2) is 24.3 Å². The third-order valence-corrected chi connectivity index (χ3v) is 4.45. The highest BCUT2D eigenvalue weighted by molar-refractivity contribution is 9.09. The summed E-state index contributed by atoms with van der Waals surface area (Å²) >= 11 is 3.64. The topological polar surface area (TPSA) is 9.23 Å². The lowest BCUT2D eigenvalue weighted by molar-refractivity contribution is 0.150. The van der Waals surface area contributed by atoms with Gasteiger partial charge in [0.05, 0.1) is 0 Å². The molecule has 2 rings (SSSR count). The molecule has 17 heavy (non-hydrogen) atoms. The van der Waals surface area contributed by atoms with Crippen molar-refractivity contribution in [1.82, 2.24) is 0 Å². The highest BCUT2D eigenvalue weighted by Gasteiger charge is 2.30. The van der Waals surface area contributed by atoms with Gasteiger partial charge in [-0.15, -0.1) is 0 Å². The number of fused-ring (bicyclic) bond motifs is 1. The molecule has 0 aliphatic carbocycles. The lowest BCUT2D eigenvalue weighted by Crippen LogP contribution is -2.28. The van der Waals surface area contributed by atoms with Crippen LogP contribution < -0.4 is 4.74 Å². The van der Waals surface area contributed by atoms with Gasteiger partial charge in [-0.05, 0) is 29.4 Å². The molecule has 94 valence electrons. The van der Waals surface area contributed by atoms with Crippen molar-refractivity contribution in [1.29, 1.82) is 0 Å². The summed E-state index contributed by atoms with van der Waals surface area (Å²) in [5, 5.41) is 1.05. The third kappa shape index (κ3) is 3.04. The maximum atomic E-state index is 6.01. The SMILES string of the molecule is CC(C)(C)C(CBr)CC1Cc2ccccc2O1. The average molecular weight is 297 g/mol. The fourth-order valence-electron chi connectivity index (χ4n) is 2.35. The molecule has 2 atom stereocenters. The first kappa shape index (κ1) is 12.9. The lowest BCUT2D eigenvalue weighted by atomic mass is 9.78. The lowest BCUT2D eigenvalue weighted by Gasteiger charge is -2.31. The van der Waals surface area contributed by atoms with Gasteiger partial charge in [-0.1, -0.05) is 54.9 Å². The highest BCUT2D eigenvalue weighted by Crippen LogP contribution is 2.36. The van der Waals surface area contributed by atoms with Crippen LogP contribution in [0.3, 0.4) is 0 Å². The normalized spacial score (nSPS) is 20.8. The molecule has 0 N–H and O–H groups in total. The van der Waals surface area contributed by atoms with E-state index in [1.807, 2.05) is 6.07 Å². The summed E-state index contributed by atoms with van der Waals surface area (Å²) in [7, 11) is 0. The molecule has 1 aromatic rings. The molecule has 2 unspecified atom stereocenters. The molecule has 0 fully saturated rings. The largest absolute Gasteiger partial charge is 0.490 e. The summed E-state index contributed by atoms with van der Waals surface area (Å²) < 4.78 is 6.01. The maximum absolute atomic E-state index is 6.01. The Kier molecular flexibility index (Phi) is 3.82. The van der Waals surface area contributed by atoms with Crippen molar-refractivity contribution in [3.63, 3.8) is 0 Å². The van der Waals surface area contributed by atoms with Crippen LogP contribution in [0.2, 0.25) is 0 Å². The molecular weight excluding hydrogens is 276 g/mol. The summed E-state index contributed by atoms with van der Waals surface area (Å²) in [6.45, 7) is 6.92. The van der Waals surface area contributed by atoms with Gasteiger partial charge in [-0.3, -0.25) is 0 Å². The van der Waals surface area contributed by atoms with Crippen molar-refractivity contribution in [3.05, 3.63) is 29.8 Å². The predicted octanol–water partition coefficient (Wildman–Crippen LogP) is 4.44. The molecule has 0 aromatic heterocycles. The fraction of sp³-hybridized carbons (Fsp3) is 0.600. The van der Waals surface area contributed by atoms with Crippen molar-refractivity contribution in [2.45, 2.75) is 39.7 Å². The Morgan fingerprint density at radius 2 is 2.06 bits per heavy atom. The van der Waals surface area contributed by atoms with E-state index in [0.717, 1.165) is 23.9 Å². The van der Waals surface area contributed by atoms with Gasteiger partial charge in [-0.25, -0.2) is 0 Å². The van der Waals surface area contributed by atoms with Gasteiger partial charge in [0, 0.05) is 11.8 Å². The average Bonchev–Trinajstić information content (AvgIpc) is 2.66. The zero-order valence-electron chi connectivity index (χ0n) is 10.9. The van der Waals surface area contributed by atoms with E-state index in [1.54, 1.807) is 0 Å². The molecule has 0 bridgehead atoms. The molecule has 1 heterocycles. The Hall–Kier alpha value is -0.500. The Bertz CT molecular complexity index is 356. The number of rotatable bonds is 3. The summed E-state index contributed by atoms with van der Waals surface area (Å²) in [5.74, 6) is 1.74. The van der Waals surface area contributed by atoms with Gasteiger partial charge in [0.1, 0.15) is 11.9 Å². The van der Waals surface area contributed by atoms with Crippen LogP contribution in [-0.4, -0.2) is 11.4 Å². The molecule has 0 amide bonds. The van der Waals surface area contributed by atoms with Crippen LogP contribution in [0, 0.1) is 11.3 Å². The second-order valence-corrected chi connectivity index (χ2v) is 6.65. The molecule has 1 aromatic carbocycles. The van der Waals surface area contributed by atoms with Crippen molar-refractivity contribution < 1.29 is 4.74 Å². The van der Waals surface area contributed by atoms with Crippen molar-refractivity contribution >= 4 is 15.9 Å². The van der Waals surface area contributed by atoms with Crippen LogP contribution in [-0.2, 0) is 6.42 Å². The first-order valence-electron chi connectivity index (χ1n) is 6.31. The molecule has 1 aliphatic heterocycles. The number of halogens is 1. The van der Waals surface area contributed by atoms with Gasteiger partial charge in [0.15, 0.2) is 0 Å². The van der Waals surface area contributed by atoms with Crippen LogP contribution in [0.4, 0.5) is 0 Å². The minimum atomic E-state index is 0.335. The number of hydrogen-bond acceptors (Lipinski definition) is 1. The highest BCUT2D eigenvalue weighted by atomic mass is 79.9. The monoisotopic (exact) mass is 296 g/mol. The number of ether oxygens (including phenoxy) is 1. The summed E-state index contributed by atoms with van der Waals surface area (Å²) in [5.41, 5.74) is 1.70. The fourth-order valence-corrected chi connectivity index (χ4v) is 3.59. The van der Waals surface area contributed by atoms with E-state index in [9.17, 15) is 0 Å². The molecule has 2 heteroatoms. The number of hydrogen-bond donors (Lipinski definition) is 0. The Balaban J connectivity index is 2.00. The maximum Gasteiger partial charge on any atom is 0.123 e. The molecule has 0 spiro atoms. The van der Waals surface area contributed by atoms with Gasteiger partial charge in [0.25, 0.3) is 0 Å². The first-order chi connectivity index (χ1) is 8.00. The Morgan fingerprint density at radius 1 is 1.35 bits per heavy atom. The van der Waals surface area contributed by atoms with E-state index in [0.29, 0.717) is 17.4 Å². The molecule has 1 nitrogen and oxygen atoms in total. The van der Waals surface area contributed by atoms with Crippen molar-refractivity contribution in [2.24, 2.45) is 11.3 Å². The van der Waals surface area contributed by atoms with Gasteiger partial charge in [-0.2, -0.15) is 0 Å². The van der Waals surface area contributed by atoms with E-state index in [-0.39, 0.29) is 0 Å². The van der Waals surface area contributed by atoms with Crippen molar-refractivity contribution in [3.8, 4) is 5.75 Å². The predicted molar refractivity (Wildman–Crippen MR) is 75.9 cm³/mol. The second-order valence-electron chi connectivity index (χ2n) is 6.00. The summed E-state index contributed by atoms with van der Waals surface area (Å²) in [6.07, 6.45) is 2.55. The zero-order chi connectivity index (χ0) is 12.5. The number of para-hydroxylation sites is 1. The van der Waals surface area contributed by atoms with E-state index in [2.05, 4.69) is 54.9 Å². The summed E-state index contributed by atoms with van der Waals surface area (Å²) in [6, 6.07) is 8.40. The standard InChI is InChI=1S/C15H21BrO/c1-15(2,3)12(10-16)9-13-8-11-6-4-5-7-14(11)17-13/h4-7,12-13H,8-10H2,1-3H3. The number of alkyl halides is 1. The van der Waals surface area contributed by atoms with Crippen LogP contribution in [0.1, 0.15) is 32.8 Å². The van der Waals surface area contributed by atoms with E-state index in [4.69, 9.17) is 4.74 Å². The Labute approximate surface area is 113 Å². The van der Waals surface area contributed by atoms with E-state index in [1.165, 1.54) is 5.56 Å². The van der Waals surface area contributed by atoms with Crippen LogP contribution in [0.5, 0.6) is 5.75 Å². The minimum absolute atomic E-state index is 0.335.